The van der Waals surface area contributed by atoms with Gasteiger partial charge in [0.25, 0.3) is 0 Å². The molecule has 146 valence electrons. The summed E-state index contributed by atoms with van der Waals surface area (Å²) in [5, 5.41) is 9.38. The van der Waals surface area contributed by atoms with Gasteiger partial charge in [0, 0.05) is 5.56 Å². The van der Waals surface area contributed by atoms with Crippen LogP contribution in [0.25, 0.3) is 11.1 Å². The number of nitrogens with zero attached hydrogens (tertiary/aromatic N) is 2. The summed E-state index contributed by atoms with van der Waals surface area (Å²) >= 11 is 0. The van der Waals surface area contributed by atoms with E-state index in [0.717, 1.165) is 16.9 Å². The number of carbonyl (C=O) groups is 1. The van der Waals surface area contributed by atoms with Crippen molar-refractivity contribution in [3.63, 3.8) is 0 Å². The largest absolute Gasteiger partial charge is 0.496 e. The summed E-state index contributed by atoms with van der Waals surface area (Å²) in [5.41, 5.74) is 1.71. The minimum Gasteiger partial charge on any atom is -0.496 e. The number of ether oxygens (including phenoxy) is 3. The van der Waals surface area contributed by atoms with Crippen LogP contribution in [-0.4, -0.2) is 42.9 Å². The van der Waals surface area contributed by atoms with Crippen LogP contribution in [0.4, 0.5) is 4.79 Å². The van der Waals surface area contributed by atoms with Crippen molar-refractivity contribution >= 4 is 6.09 Å². The van der Waals surface area contributed by atoms with Crippen LogP contribution in [0.15, 0.2) is 42.5 Å². The third-order valence-electron chi connectivity index (χ3n) is 4.26. The summed E-state index contributed by atoms with van der Waals surface area (Å²) in [6, 6.07) is 15.2. The molecule has 0 aromatic heterocycles. The Labute approximate surface area is 165 Å². The van der Waals surface area contributed by atoms with Crippen molar-refractivity contribution in [3.05, 3.63) is 48.0 Å². The molecule has 6 nitrogen and oxygen atoms in total. The lowest BCUT2D eigenvalue weighted by Gasteiger charge is -2.39. The second kappa shape index (κ2) is 7.81. The maximum atomic E-state index is 12.0. The number of amides is 1. The number of benzene rings is 2. The van der Waals surface area contributed by atoms with Crippen LogP contribution in [0.1, 0.15) is 26.3 Å². The molecule has 0 atom stereocenters. The number of nitriles is 1. The summed E-state index contributed by atoms with van der Waals surface area (Å²) in [7, 11) is 1.62. The van der Waals surface area contributed by atoms with Crippen LogP contribution in [0.3, 0.4) is 0 Å². The molecule has 28 heavy (non-hydrogen) atoms. The Hall–Kier alpha value is -3.20. The molecule has 1 saturated heterocycles. The fourth-order valence-corrected chi connectivity index (χ4v) is 2.95. The molecule has 1 heterocycles. The first-order valence-electron chi connectivity index (χ1n) is 9.12. The molecule has 0 unspecified atom stereocenters. The topological polar surface area (TPSA) is 71.8 Å². The summed E-state index contributed by atoms with van der Waals surface area (Å²) in [4.78, 5) is 13.6. The number of likely N-dealkylation sites (tertiary alicyclic amines) is 1. The zero-order valence-corrected chi connectivity index (χ0v) is 16.6. The minimum atomic E-state index is -0.520. The van der Waals surface area contributed by atoms with E-state index < -0.39 is 5.60 Å². The molecule has 0 aliphatic carbocycles. The first-order valence-corrected chi connectivity index (χ1v) is 9.12. The van der Waals surface area contributed by atoms with Gasteiger partial charge < -0.3 is 19.1 Å². The lowest BCUT2D eigenvalue weighted by atomic mass is 10.0. The predicted molar refractivity (Wildman–Crippen MR) is 105 cm³/mol. The van der Waals surface area contributed by atoms with Crippen molar-refractivity contribution in [1.29, 1.82) is 5.26 Å². The highest BCUT2D eigenvalue weighted by molar-refractivity contribution is 5.73. The van der Waals surface area contributed by atoms with Crippen molar-refractivity contribution in [3.8, 4) is 28.7 Å². The highest BCUT2D eigenvalue weighted by atomic mass is 16.6. The van der Waals surface area contributed by atoms with Gasteiger partial charge in [0.15, 0.2) is 0 Å². The van der Waals surface area contributed by atoms with Gasteiger partial charge >= 0.3 is 6.09 Å². The maximum absolute atomic E-state index is 12.0. The summed E-state index contributed by atoms with van der Waals surface area (Å²) < 4.78 is 16.8. The van der Waals surface area contributed by atoms with Crippen LogP contribution >= 0.6 is 0 Å². The fraction of sp³-hybridized carbons (Fsp3) is 0.364. The molecule has 3 rings (SSSR count). The van der Waals surface area contributed by atoms with Crippen LogP contribution in [0, 0.1) is 11.3 Å². The molecule has 0 spiro atoms. The van der Waals surface area contributed by atoms with E-state index in [-0.39, 0.29) is 12.2 Å². The molecular weight excluding hydrogens is 356 g/mol. The molecule has 0 saturated carbocycles. The molecule has 0 bridgehead atoms. The number of methoxy groups -OCH3 is 1. The van der Waals surface area contributed by atoms with E-state index in [1.807, 2.05) is 51.1 Å². The fourth-order valence-electron chi connectivity index (χ4n) is 2.95. The van der Waals surface area contributed by atoms with Crippen molar-refractivity contribution in [2.24, 2.45) is 0 Å². The lowest BCUT2D eigenvalue weighted by Crippen LogP contribution is -2.57. The van der Waals surface area contributed by atoms with Gasteiger partial charge in [0.2, 0.25) is 0 Å². The van der Waals surface area contributed by atoms with E-state index in [1.54, 1.807) is 24.1 Å². The van der Waals surface area contributed by atoms with Crippen LogP contribution in [0.5, 0.6) is 11.5 Å². The predicted octanol–water partition coefficient (Wildman–Crippen LogP) is 4.23. The molecule has 1 amide bonds. The van der Waals surface area contributed by atoms with Gasteiger partial charge in [-0.2, -0.15) is 5.26 Å². The van der Waals surface area contributed by atoms with Gasteiger partial charge in [-0.25, -0.2) is 4.79 Å². The number of hydrogen-bond acceptors (Lipinski definition) is 5. The van der Waals surface area contributed by atoms with Gasteiger partial charge in [-0.1, -0.05) is 18.2 Å². The number of carbonyl (C=O) groups excluding carboxylic acids is 1. The van der Waals surface area contributed by atoms with E-state index in [2.05, 4.69) is 6.07 Å². The van der Waals surface area contributed by atoms with Crippen molar-refractivity contribution in [2.75, 3.05) is 20.2 Å². The first kappa shape index (κ1) is 19.6. The average molecular weight is 380 g/mol. The van der Waals surface area contributed by atoms with E-state index in [0.29, 0.717) is 24.4 Å². The standard InChI is InChI=1S/C22H24N2O4/c1-22(2,3)28-21(25)24-13-18(14-24)27-17-10-15(12-23)9-16(11-17)19-7-5-6-8-20(19)26-4/h5-11,18H,13-14H2,1-4H3. The van der Waals surface area contributed by atoms with E-state index in [1.165, 1.54) is 0 Å². The third kappa shape index (κ3) is 4.55. The van der Waals surface area contributed by atoms with Crippen molar-refractivity contribution in [1.82, 2.24) is 4.90 Å². The first-order chi connectivity index (χ1) is 13.3. The smallest absolute Gasteiger partial charge is 0.410 e. The number of hydrogen-bond donors (Lipinski definition) is 0. The quantitative estimate of drug-likeness (QED) is 0.794. The Bertz CT molecular complexity index is 905. The van der Waals surface area contributed by atoms with Gasteiger partial charge in [-0.15, -0.1) is 0 Å². The Morgan fingerprint density at radius 1 is 1.18 bits per heavy atom. The maximum Gasteiger partial charge on any atom is 0.410 e. The zero-order valence-electron chi connectivity index (χ0n) is 16.6. The van der Waals surface area contributed by atoms with Crippen molar-refractivity contribution < 1.29 is 19.0 Å². The average Bonchev–Trinajstić information content (AvgIpc) is 2.62. The molecule has 6 heteroatoms. The second-order valence-corrected chi connectivity index (χ2v) is 7.68. The second-order valence-electron chi connectivity index (χ2n) is 7.68. The molecule has 0 N–H and O–H groups in total. The summed E-state index contributed by atoms with van der Waals surface area (Å²) in [6.07, 6.45) is -0.472. The molecule has 1 fully saturated rings. The minimum absolute atomic E-state index is 0.132. The Kier molecular flexibility index (Phi) is 5.46. The molecule has 1 aliphatic rings. The van der Waals surface area contributed by atoms with E-state index in [4.69, 9.17) is 14.2 Å². The third-order valence-corrected chi connectivity index (χ3v) is 4.26. The molecule has 0 radical (unpaired) electrons. The Balaban J connectivity index is 1.72. The van der Waals surface area contributed by atoms with E-state index in [9.17, 15) is 10.1 Å². The monoisotopic (exact) mass is 380 g/mol. The van der Waals surface area contributed by atoms with Gasteiger partial charge in [0.1, 0.15) is 23.2 Å². The Morgan fingerprint density at radius 3 is 2.54 bits per heavy atom. The molecule has 1 aliphatic heterocycles. The summed E-state index contributed by atoms with van der Waals surface area (Å²) in [6.45, 7) is 6.42. The van der Waals surface area contributed by atoms with Crippen LogP contribution < -0.4 is 9.47 Å². The van der Waals surface area contributed by atoms with Gasteiger partial charge in [-0.3, -0.25) is 0 Å². The van der Waals surface area contributed by atoms with Crippen LogP contribution in [0.2, 0.25) is 0 Å². The SMILES string of the molecule is COc1ccccc1-c1cc(C#N)cc(OC2CN(C(=O)OC(C)(C)C)C2)c1. The van der Waals surface area contributed by atoms with Gasteiger partial charge in [0.05, 0.1) is 31.8 Å². The van der Waals surface area contributed by atoms with Gasteiger partial charge in [-0.05, 0) is 50.6 Å². The Morgan fingerprint density at radius 2 is 1.89 bits per heavy atom. The number of rotatable bonds is 4. The zero-order chi connectivity index (χ0) is 20.3. The normalized spacial score (nSPS) is 14.0. The van der Waals surface area contributed by atoms with Crippen LogP contribution in [-0.2, 0) is 4.74 Å². The van der Waals surface area contributed by atoms with Crippen molar-refractivity contribution in [2.45, 2.75) is 32.5 Å². The molecule has 2 aromatic carbocycles. The number of para-hydroxylation sites is 1. The molecule has 2 aromatic rings. The summed E-state index contributed by atoms with van der Waals surface area (Å²) in [5.74, 6) is 1.32. The molecular formula is C22H24N2O4. The highest BCUT2D eigenvalue weighted by Crippen LogP contribution is 2.33. The highest BCUT2D eigenvalue weighted by Gasteiger charge is 2.35. The van der Waals surface area contributed by atoms with E-state index >= 15 is 0 Å². The lowest BCUT2D eigenvalue weighted by molar-refractivity contribution is -0.0221.